The van der Waals surface area contributed by atoms with Crippen molar-refractivity contribution in [2.75, 3.05) is 6.54 Å². The monoisotopic (exact) mass is 283 g/mol. The number of aryl methyl sites for hydroxylation is 2. The van der Waals surface area contributed by atoms with Crippen molar-refractivity contribution in [1.29, 1.82) is 0 Å². The molecule has 3 N–H and O–H groups in total. The maximum Gasteiger partial charge on any atom is 0.133 e. The summed E-state index contributed by atoms with van der Waals surface area (Å²) in [5, 5.41) is 10.1. The van der Waals surface area contributed by atoms with E-state index in [1.807, 2.05) is 0 Å². The first-order valence-corrected chi connectivity index (χ1v) is 6.75. The molecule has 16 heavy (non-hydrogen) atoms. The predicted octanol–water partition coefficient (Wildman–Crippen LogP) is 2.92. The summed E-state index contributed by atoms with van der Waals surface area (Å²) in [5.74, 6) is 0.442. The molecule has 0 atom stereocenters. The fourth-order valence-corrected chi connectivity index (χ4v) is 3.10. The van der Waals surface area contributed by atoms with E-state index in [0.717, 1.165) is 48.7 Å². The lowest BCUT2D eigenvalue weighted by molar-refractivity contribution is 0.462. The molecule has 0 spiro atoms. The van der Waals surface area contributed by atoms with Gasteiger partial charge in [0.05, 0.1) is 4.47 Å². The fourth-order valence-electron chi connectivity index (χ4n) is 2.39. The topological polar surface area (TPSA) is 46.2 Å². The van der Waals surface area contributed by atoms with Crippen LogP contribution in [0.3, 0.4) is 0 Å². The van der Waals surface area contributed by atoms with Crippen molar-refractivity contribution < 1.29 is 5.11 Å². The molecule has 88 valence electrons. The highest BCUT2D eigenvalue weighted by Gasteiger charge is 2.19. The molecule has 0 aromatic heterocycles. The Labute approximate surface area is 105 Å². The van der Waals surface area contributed by atoms with Crippen molar-refractivity contribution in [3.8, 4) is 5.75 Å². The van der Waals surface area contributed by atoms with Gasteiger partial charge in [-0.15, -0.1) is 0 Å². The molecule has 0 bridgehead atoms. The van der Waals surface area contributed by atoms with Crippen LogP contribution in [-0.4, -0.2) is 11.7 Å². The van der Waals surface area contributed by atoms with Crippen molar-refractivity contribution in [3.63, 3.8) is 0 Å². The van der Waals surface area contributed by atoms with Crippen LogP contribution in [0, 0.1) is 0 Å². The Bertz CT molecular complexity index is 390. The number of nitrogens with two attached hydrogens (primary N) is 1. The molecular weight excluding hydrogens is 266 g/mol. The third-order valence-electron chi connectivity index (χ3n) is 3.29. The molecule has 1 aliphatic carbocycles. The van der Waals surface area contributed by atoms with E-state index in [0.29, 0.717) is 5.75 Å². The SMILES string of the molecule is NCCCCc1cc2c(c(Br)c1O)CCC2. The number of phenolic OH excluding ortho intramolecular Hbond substituents is 1. The van der Waals surface area contributed by atoms with E-state index < -0.39 is 0 Å². The van der Waals surface area contributed by atoms with Crippen LogP contribution in [0.15, 0.2) is 10.5 Å². The van der Waals surface area contributed by atoms with E-state index in [-0.39, 0.29) is 0 Å². The maximum atomic E-state index is 10.1. The number of halogens is 1. The van der Waals surface area contributed by atoms with Crippen molar-refractivity contribution in [3.05, 3.63) is 27.2 Å². The number of unbranched alkanes of at least 4 members (excludes halogenated alkanes) is 1. The second-order valence-electron chi connectivity index (χ2n) is 4.44. The molecular formula is C13H18BrNO. The number of benzene rings is 1. The molecule has 0 saturated heterocycles. The molecule has 1 aromatic rings. The zero-order chi connectivity index (χ0) is 11.5. The van der Waals surface area contributed by atoms with Gasteiger partial charge in [0, 0.05) is 0 Å². The Morgan fingerprint density at radius 2 is 2.12 bits per heavy atom. The first-order chi connectivity index (χ1) is 7.74. The summed E-state index contributed by atoms with van der Waals surface area (Å²) >= 11 is 3.52. The third-order valence-corrected chi connectivity index (χ3v) is 4.14. The molecule has 0 aliphatic heterocycles. The van der Waals surface area contributed by atoms with Crippen LogP contribution >= 0.6 is 15.9 Å². The molecule has 0 fully saturated rings. The first-order valence-electron chi connectivity index (χ1n) is 5.96. The lowest BCUT2D eigenvalue weighted by Crippen LogP contribution is -2.00. The smallest absolute Gasteiger partial charge is 0.133 e. The molecule has 0 saturated carbocycles. The van der Waals surface area contributed by atoms with Gasteiger partial charge in [0.2, 0.25) is 0 Å². The van der Waals surface area contributed by atoms with Crippen LogP contribution in [0.5, 0.6) is 5.75 Å². The minimum absolute atomic E-state index is 0.442. The Morgan fingerprint density at radius 3 is 2.88 bits per heavy atom. The minimum Gasteiger partial charge on any atom is -0.506 e. The van der Waals surface area contributed by atoms with E-state index in [1.54, 1.807) is 0 Å². The van der Waals surface area contributed by atoms with Crippen LogP contribution in [0.2, 0.25) is 0 Å². The van der Waals surface area contributed by atoms with E-state index >= 15 is 0 Å². The highest BCUT2D eigenvalue weighted by Crippen LogP contribution is 2.38. The van der Waals surface area contributed by atoms with Crippen molar-refractivity contribution in [2.24, 2.45) is 5.73 Å². The Morgan fingerprint density at radius 1 is 1.31 bits per heavy atom. The van der Waals surface area contributed by atoms with Gasteiger partial charge in [0.25, 0.3) is 0 Å². The number of hydrogen-bond acceptors (Lipinski definition) is 2. The van der Waals surface area contributed by atoms with Crippen LogP contribution in [-0.2, 0) is 19.3 Å². The average molecular weight is 284 g/mol. The Hall–Kier alpha value is -0.540. The summed E-state index contributed by atoms with van der Waals surface area (Å²) in [7, 11) is 0. The number of aromatic hydroxyl groups is 1. The maximum absolute atomic E-state index is 10.1. The second kappa shape index (κ2) is 5.19. The Balaban J connectivity index is 2.22. The average Bonchev–Trinajstić information content (AvgIpc) is 2.73. The Kier molecular flexibility index (Phi) is 3.87. The van der Waals surface area contributed by atoms with Crippen LogP contribution < -0.4 is 5.73 Å². The third kappa shape index (κ3) is 2.25. The number of phenols is 1. The predicted molar refractivity (Wildman–Crippen MR) is 69.8 cm³/mol. The molecule has 0 unspecified atom stereocenters. The van der Waals surface area contributed by atoms with E-state index in [4.69, 9.17) is 5.73 Å². The van der Waals surface area contributed by atoms with Gasteiger partial charge < -0.3 is 10.8 Å². The fraction of sp³-hybridized carbons (Fsp3) is 0.538. The minimum atomic E-state index is 0.442. The van der Waals surface area contributed by atoms with Crippen molar-refractivity contribution in [2.45, 2.75) is 38.5 Å². The van der Waals surface area contributed by atoms with Gasteiger partial charge in [0.15, 0.2) is 0 Å². The molecule has 3 heteroatoms. The normalized spacial score (nSPS) is 14.1. The molecule has 1 aliphatic rings. The van der Waals surface area contributed by atoms with E-state index in [2.05, 4.69) is 22.0 Å². The van der Waals surface area contributed by atoms with Gasteiger partial charge in [-0.1, -0.05) is 6.07 Å². The highest BCUT2D eigenvalue weighted by molar-refractivity contribution is 9.10. The molecule has 2 nitrogen and oxygen atoms in total. The molecule has 0 amide bonds. The van der Waals surface area contributed by atoms with Crippen molar-refractivity contribution in [1.82, 2.24) is 0 Å². The van der Waals surface area contributed by atoms with Gasteiger partial charge in [-0.25, -0.2) is 0 Å². The summed E-state index contributed by atoms with van der Waals surface area (Å²) in [4.78, 5) is 0. The molecule has 0 radical (unpaired) electrons. The molecule has 1 aromatic carbocycles. The molecule has 0 heterocycles. The summed E-state index contributed by atoms with van der Waals surface area (Å²) < 4.78 is 0.922. The zero-order valence-electron chi connectivity index (χ0n) is 9.43. The first kappa shape index (κ1) is 11.9. The van der Waals surface area contributed by atoms with Crippen LogP contribution in [0.1, 0.15) is 36.0 Å². The number of rotatable bonds is 4. The summed E-state index contributed by atoms with van der Waals surface area (Å²) in [6.45, 7) is 0.729. The number of fused-ring (bicyclic) bond motifs is 1. The standard InChI is InChI=1S/C13H18BrNO/c14-12-11-6-3-5-9(11)8-10(13(12)16)4-1-2-7-15/h8,16H,1-7,15H2. The van der Waals surface area contributed by atoms with Crippen LogP contribution in [0.25, 0.3) is 0 Å². The summed E-state index contributed by atoms with van der Waals surface area (Å²) in [6, 6.07) is 2.18. The quantitative estimate of drug-likeness (QED) is 0.835. The van der Waals surface area contributed by atoms with Gasteiger partial charge in [-0.3, -0.25) is 0 Å². The summed E-state index contributed by atoms with van der Waals surface area (Å²) in [6.07, 6.45) is 6.45. The van der Waals surface area contributed by atoms with Crippen LogP contribution in [0.4, 0.5) is 0 Å². The lowest BCUT2D eigenvalue weighted by Gasteiger charge is -2.11. The van der Waals surface area contributed by atoms with Gasteiger partial charge >= 0.3 is 0 Å². The second-order valence-corrected chi connectivity index (χ2v) is 5.23. The largest absolute Gasteiger partial charge is 0.506 e. The zero-order valence-corrected chi connectivity index (χ0v) is 11.0. The molecule has 2 rings (SSSR count). The van der Waals surface area contributed by atoms with E-state index in [9.17, 15) is 5.11 Å². The van der Waals surface area contributed by atoms with Gasteiger partial charge in [0.1, 0.15) is 5.75 Å². The summed E-state index contributed by atoms with van der Waals surface area (Å²) in [5.41, 5.74) is 9.26. The lowest BCUT2D eigenvalue weighted by atomic mass is 10.0. The highest BCUT2D eigenvalue weighted by atomic mass is 79.9. The van der Waals surface area contributed by atoms with E-state index in [1.165, 1.54) is 17.5 Å². The van der Waals surface area contributed by atoms with Gasteiger partial charge in [-0.05, 0) is 77.7 Å². The van der Waals surface area contributed by atoms with Gasteiger partial charge in [-0.2, -0.15) is 0 Å². The number of hydrogen-bond donors (Lipinski definition) is 2. The van der Waals surface area contributed by atoms with Crippen molar-refractivity contribution >= 4 is 15.9 Å².